The highest BCUT2D eigenvalue weighted by molar-refractivity contribution is 6.32. The maximum atomic E-state index is 6.05. The first-order chi connectivity index (χ1) is 6.81. The molecular weight excluding hydrogens is 200 g/mol. The van der Waals surface area contributed by atoms with E-state index in [2.05, 4.69) is 4.98 Å². The zero-order chi connectivity index (χ0) is 9.97. The molecule has 0 radical (unpaired) electrons. The van der Waals surface area contributed by atoms with E-state index in [0.29, 0.717) is 23.4 Å². The van der Waals surface area contributed by atoms with E-state index in [1.807, 2.05) is 6.07 Å². The number of pyridine rings is 1. The van der Waals surface area contributed by atoms with Crippen molar-refractivity contribution in [3.8, 4) is 5.88 Å². The van der Waals surface area contributed by atoms with Gasteiger partial charge >= 0.3 is 0 Å². The van der Waals surface area contributed by atoms with Gasteiger partial charge < -0.3 is 10.5 Å². The summed E-state index contributed by atoms with van der Waals surface area (Å²) >= 11 is 6.05. The van der Waals surface area contributed by atoms with Gasteiger partial charge in [-0.2, -0.15) is 0 Å². The Kier molecular flexibility index (Phi) is 2.89. The standard InChI is InChI=1S/C10H13ClN2O/c11-9-8(5-12)3-4-13-10(9)14-6-7-1-2-7/h3-4,7H,1-2,5-6,12H2. The minimum atomic E-state index is 0.418. The summed E-state index contributed by atoms with van der Waals surface area (Å²) in [4.78, 5) is 4.08. The Hall–Kier alpha value is -0.800. The van der Waals surface area contributed by atoms with Gasteiger partial charge in [-0.25, -0.2) is 4.98 Å². The number of nitrogens with zero attached hydrogens (tertiary/aromatic N) is 1. The fourth-order valence-corrected chi connectivity index (χ4v) is 1.45. The molecule has 1 aromatic heterocycles. The quantitative estimate of drug-likeness (QED) is 0.831. The zero-order valence-corrected chi connectivity index (χ0v) is 8.63. The van der Waals surface area contributed by atoms with Crippen molar-refractivity contribution in [1.29, 1.82) is 0 Å². The summed E-state index contributed by atoms with van der Waals surface area (Å²) in [5.74, 6) is 1.22. The SMILES string of the molecule is NCc1ccnc(OCC2CC2)c1Cl. The highest BCUT2D eigenvalue weighted by Gasteiger charge is 2.22. The molecule has 0 amide bonds. The summed E-state index contributed by atoms with van der Waals surface area (Å²) in [5, 5.41) is 0.552. The molecule has 1 fully saturated rings. The van der Waals surface area contributed by atoms with Crippen molar-refractivity contribution < 1.29 is 4.74 Å². The maximum Gasteiger partial charge on any atom is 0.232 e. The van der Waals surface area contributed by atoms with Crippen LogP contribution in [0, 0.1) is 5.92 Å². The van der Waals surface area contributed by atoms with Crippen LogP contribution in [0.5, 0.6) is 5.88 Å². The van der Waals surface area contributed by atoms with Crippen molar-refractivity contribution >= 4 is 11.6 Å². The van der Waals surface area contributed by atoms with Crippen molar-refractivity contribution in [2.45, 2.75) is 19.4 Å². The lowest BCUT2D eigenvalue weighted by Crippen LogP contribution is -2.04. The van der Waals surface area contributed by atoms with Gasteiger partial charge in [-0.15, -0.1) is 0 Å². The minimum Gasteiger partial charge on any atom is -0.476 e. The van der Waals surface area contributed by atoms with Crippen molar-refractivity contribution in [2.24, 2.45) is 11.7 Å². The molecule has 1 aliphatic rings. The zero-order valence-electron chi connectivity index (χ0n) is 7.87. The molecule has 0 aliphatic heterocycles. The lowest BCUT2D eigenvalue weighted by Gasteiger charge is -2.08. The molecule has 1 saturated carbocycles. The van der Waals surface area contributed by atoms with Crippen molar-refractivity contribution in [3.05, 3.63) is 22.8 Å². The average Bonchev–Trinajstić information content (AvgIpc) is 3.00. The minimum absolute atomic E-state index is 0.418. The molecule has 0 spiro atoms. The predicted octanol–water partition coefficient (Wildman–Crippen LogP) is 1.98. The maximum absolute atomic E-state index is 6.05. The van der Waals surface area contributed by atoms with E-state index in [-0.39, 0.29) is 0 Å². The third-order valence-electron chi connectivity index (χ3n) is 2.31. The van der Waals surface area contributed by atoms with Gasteiger partial charge in [0.1, 0.15) is 5.02 Å². The van der Waals surface area contributed by atoms with E-state index >= 15 is 0 Å². The van der Waals surface area contributed by atoms with Crippen LogP contribution < -0.4 is 10.5 Å². The molecule has 0 atom stereocenters. The number of ether oxygens (including phenoxy) is 1. The van der Waals surface area contributed by atoms with Crippen molar-refractivity contribution in [1.82, 2.24) is 4.98 Å². The number of hydrogen-bond donors (Lipinski definition) is 1. The van der Waals surface area contributed by atoms with E-state index in [1.165, 1.54) is 12.8 Å². The molecule has 76 valence electrons. The second-order valence-corrected chi connectivity index (χ2v) is 3.93. The lowest BCUT2D eigenvalue weighted by atomic mass is 10.3. The number of hydrogen-bond acceptors (Lipinski definition) is 3. The largest absolute Gasteiger partial charge is 0.476 e. The predicted molar refractivity (Wildman–Crippen MR) is 55.4 cm³/mol. The highest BCUT2D eigenvalue weighted by atomic mass is 35.5. The Bertz CT molecular complexity index is 326. The molecule has 1 aromatic rings. The first-order valence-corrected chi connectivity index (χ1v) is 5.15. The Labute approximate surface area is 88.2 Å². The molecule has 0 unspecified atom stereocenters. The van der Waals surface area contributed by atoms with E-state index < -0.39 is 0 Å². The fraction of sp³-hybridized carbons (Fsp3) is 0.500. The summed E-state index contributed by atoms with van der Waals surface area (Å²) in [6.07, 6.45) is 4.19. The number of aromatic nitrogens is 1. The van der Waals surface area contributed by atoms with E-state index in [9.17, 15) is 0 Å². The first kappa shape index (κ1) is 9.74. The average molecular weight is 213 g/mol. The third-order valence-corrected chi connectivity index (χ3v) is 2.71. The van der Waals surface area contributed by atoms with Crippen LogP contribution in [0.2, 0.25) is 5.02 Å². The summed E-state index contributed by atoms with van der Waals surface area (Å²) in [6.45, 7) is 1.14. The summed E-state index contributed by atoms with van der Waals surface area (Å²) in [6, 6.07) is 1.81. The van der Waals surface area contributed by atoms with Crippen LogP contribution >= 0.6 is 11.6 Å². The monoisotopic (exact) mass is 212 g/mol. The molecule has 0 saturated heterocycles. The van der Waals surface area contributed by atoms with Gasteiger partial charge in [-0.1, -0.05) is 11.6 Å². The molecule has 14 heavy (non-hydrogen) atoms. The third kappa shape index (κ3) is 2.16. The first-order valence-electron chi connectivity index (χ1n) is 4.77. The number of rotatable bonds is 4. The molecular formula is C10H13ClN2O. The van der Waals surface area contributed by atoms with Gasteiger partial charge in [-0.3, -0.25) is 0 Å². The van der Waals surface area contributed by atoms with Crippen LogP contribution in [-0.4, -0.2) is 11.6 Å². The lowest BCUT2D eigenvalue weighted by molar-refractivity contribution is 0.288. The van der Waals surface area contributed by atoms with Gasteiger partial charge in [0.2, 0.25) is 5.88 Å². The van der Waals surface area contributed by atoms with Crippen LogP contribution in [0.25, 0.3) is 0 Å². The summed E-state index contributed by atoms with van der Waals surface area (Å²) < 4.78 is 5.50. The topological polar surface area (TPSA) is 48.1 Å². The molecule has 0 bridgehead atoms. The fourth-order valence-electron chi connectivity index (χ4n) is 1.20. The van der Waals surface area contributed by atoms with Crippen LogP contribution in [0.3, 0.4) is 0 Å². The highest BCUT2D eigenvalue weighted by Crippen LogP contribution is 2.31. The molecule has 1 heterocycles. The van der Waals surface area contributed by atoms with Crippen LogP contribution in [0.4, 0.5) is 0 Å². The van der Waals surface area contributed by atoms with E-state index in [1.54, 1.807) is 6.20 Å². The summed E-state index contributed by atoms with van der Waals surface area (Å²) in [7, 11) is 0. The Balaban J connectivity index is 2.06. The molecule has 0 aromatic carbocycles. The van der Waals surface area contributed by atoms with Crippen LogP contribution in [-0.2, 0) is 6.54 Å². The van der Waals surface area contributed by atoms with Gasteiger partial charge in [0.25, 0.3) is 0 Å². The van der Waals surface area contributed by atoms with Crippen molar-refractivity contribution in [3.63, 3.8) is 0 Å². The number of nitrogens with two attached hydrogens (primary N) is 1. The Morgan fingerprint density at radius 3 is 3.00 bits per heavy atom. The van der Waals surface area contributed by atoms with Gasteiger partial charge in [0.15, 0.2) is 0 Å². The van der Waals surface area contributed by atoms with Gasteiger partial charge in [-0.05, 0) is 30.4 Å². The molecule has 4 heteroatoms. The van der Waals surface area contributed by atoms with E-state index in [0.717, 1.165) is 12.2 Å². The Morgan fingerprint density at radius 2 is 2.36 bits per heavy atom. The normalized spacial score (nSPS) is 15.6. The second kappa shape index (κ2) is 4.15. The van der Waals surface area contributed by atoms with Crippen LogP contribution in [0.1, 0.15) is 18.4 Å². The Morgan fingerprint density at radius 1 is 1.57 bits per heavy atom. The molecule has 3 nitrogen and oxygen atoms in total. The smallest absolute Gasteiger partial charge is 0.232 e. The summed E-state index contributed by atoms with van der Waals surface area (Å²) in [5.41, 5.74) is 6.40. The van der Waals surface area contributed by atoms with Gasteiger partial charge in [0, 0.05) is 12.7 Å². The molecule has 2 rings (SSSR count). The van der Waals surface area contributed by atoms with Crippen molar-refractivity contribution in [2.75, 3.05) is 6.61 Å². The van der Waals surface area contributed by atoms with Crippen LogP contribution in [0.15, 0.2) is 12.3 Å². The van der Waals surface area contributed by atoms with Gasteiger partial charge in [0.05, 0.1) is 6.61 Å². The molecule has 2 N–H and O–H groups in total. The number of halogens is 1. The second-order valence-electron chi connectivity index (χ2n) is 3.55. The van der Waals surface area contributed by atoms with E-state index in [4.69, 9.17) is 22.1 Å². The molecule has 1 aliphatic carbocycles.